The average Bonchev–Trinajstić information content (AvgIpc) is 2.98. The lowest BCUT2D eigenvalue weighted by molar-refractivity contribution is -0.153. The van der Waals surface area contributed by atoms with E-state index in [1.165, 1.54) is 6.92 Å². The van der Waals surface area contributed by atoms with Gasteiger partial charge in [-0.15, -0.1) is 0 Å². The zero-order valence-electron chi connectivity index (χ0n) is 18.0. The SMILES string of the molecule is CCOC(=O)c1cc(C)n(CC(=O)O[C@H](C)C(=O)Nc2ccc(OCC)cc2)c1C. The van der Waals surface area contributed by atoms with Crippen molar-refractivity contribution in [1.29, 1.82) is 0 Å². The molecule has 30 heavy (non-hydrogen) atoms. The number of nitrogens with one attached hydrogen (secondary N) is 1. The van der Waals surface area contributed by atoms with Crippen LogP contribution in [0.1, 0.15) is 42.5 Å². The van der Waals surface area contributed by atoms with E-state index >= 15 is 0 Å². The first-order chi connectivity index (χ1) is 14.3. The van der Waals surface area contributed by atoms with E-state index in [1.807, 2.05) is 6.92 Å². The lowest BCUT2D eigenvalue weighted by Crippen LogP contribution is -2.31. The molecule has 0 unspecified atom stereocenters. The van der Waals surface area contributed by atoms with E-state index in [-0.39, 0.29) is 13.2 Å². The smallest absolute Gasteiger partial charge is 0.339 e. The fourth-order valence-corrected chi connectivity index (χ4v) is 2.92. The van der Waals surface area contributed by atoms with E-state index in [1.54, 1.807) is 55.7 Å². The van der Waals surface area contributed by atoms with Crippen molar-refractivity contribution in [2.75, 3.05) is 18.5 Å². The van der Waals surface area contributed by atoms with Gasteiger partial charge in [-0.2, -0.15) is 0 Å². The second-order valence-electron chi connectivity index (χ2n) is 6.67. The summed E-state index contributed by atoms with van der Waals surface area (Å²) >= 11 is 0. The summed E-state index contributed by atoms with van der Waals surface area (Å²) in [5.41, 5.74) is 2.30. The van der Waals surface area contributed by atoms with Gasteiger partial charge in [0.05, 0.1) is 18.8 Å². The Hall–Kier alpha value is -3.29. The highest BCUT2D eigenvalue weighted by Gasteiger charge is 2.21. The molecule has 1 atom stereocenters. The molecular formula is C22H28N2O6. The minimum absolute atomic E-state index is 0.113. The van der Waals surface area contributed by atoms with Gasteiger partial charge in [-0.1, -0.05) is 0 Å². The summed E-state index contributed by atoms with van der Waals surface area (Å²) in [4.78, 5) is 36.7. The zero-order chi connectivity index (χ0) is 22.3. The van der Waals surface area contributed by atoms with Crippen LogP contribution in [0, 0.1) is 13.8 Å². The van der Waals surface area contributed by atoms with Gasteiger partial charge in [0, 0.05) is 17.1 Å². The number of esters is 2. The number of anilines is 1. The van der Waals surface area contributed by atoms with Crippen LogP contribution in [0.25, 0.3) is 0 Å². The van der Waals surface area contributed by atoms with Crippen LogP contribution in [0.2, 0.25) is 0 Å². The van der Waals surface area contributed by atoms with Crippen molar-refractivity contribution >= 4 is 23.5 Å². The average molecular weight is 416 g/mol. The number of benzene rings is 1. The van der Waals surface area contributed by atoms with Crippen molar-refractivity contribution in [3.05, 3.63) is 47.3 Å². The van der Waals surface area contributed by atoms with Gasteiger partial charge in [0.1, 0.15) is 12.3 Å². The van der Waals surface area contributed by atoms with E-state index < -0.39 is 23.9 Å². The summed E-state index contributed by atoms with van der Waals surface area (Å²) in [6, 6.07) is 8.58. The Labute approximate surface area is 176 Å². The predicted octanol–water partition coefficient (Wildman–Crippen LogP) is 3.25. The summed E-state index contributed by atoms with van der Waals surface area (Å²) in [6.45, 7) is 9.35. The lowest BCUT2D eigenvalue weighted by atomic mass is 10.2. The highest BCUT2D eigenvalue weighted by Crippen LogP contribution is 2.18. The fraction of sp³-hybridized carbons (Fsp3) is 0.409. The highest BCUT2D eigenvalue weighted by molar-refractivity contribution is 5.95. The number of ether oxygens (including phenoxy) is 3. The molecule has 0 radical (unpaired) electrons. The molecule has 1 aromatic carbocycles. The maximum atomic E-state index is 12.3. The van der Waals surface area contributed by atoms with Crippen LogP contribution in [0.4, 0.5) is 5.69 Å². The van der Waals surface area contributed by atoms with E-state index in [9.17, 15) is 14.4 Å². The first kappa shape index (κ1) is 23.0. The van der Waals surface area contributed by atoms with Gasteiger partial charge in [-0.3, -0.25) is 9.59 Å². The van der Waals surface area contributed by atoms with Crippen LogP contribution in [-0.4, -0.2) is 41.7 Å². The normalized spacial score (nSPS) is 11.5. The molecule has 1 aromatic heterocycles. The number of aromatic nitrogens is 1. The first-order valence-corrected chi connectivity index (χ1v) is 9.83. The molecule has 0 saturated heterocycles. The minimum atomic E-state index is -0.982. The third-order valence-corrected chi connectivity index (χ3v) is 4.47. The number of amides is 1. The molecule has 0 aliphatic carbocycles. The standard InChI is InChI=1S/C22H28N2O6/c1-6-28-18-10-8-17(9-11-18)23-21(26)16(5)30-20(25)13-24-14(3)12-19(15(24)4)22(27)29-7-2/h8-12,16H,6-7,13H2,1-5H3,(H,23,26)/t16-/m1/s1. The Balaban J connectivity index is 1.95. The summed E-state index contributed by atoms with van der Waals surface area (Å²) in [5.74, 6) is -0.759. The Morgan fingerprint density at radius 3 is 2.33 bits per heavy atom. The Bertz CT molecular complexity index is 901. The molecule has 0 aliphatic rings. The number of rotatable bonds is 9. The molecule has 2 rings (SSSR count). The molecule has 0 fully saturated rings. The fourth-order valence-electron chi connectivity index (χ4n) is 2.92. The van der Waals surface area contributed by atoms with Gasteiger partial charge in [0.2, 0.25) is 0 Å². The summed E-state index contributed by atoms with van der Waals surface area (Å²) in [6.07, 6.45) is -0.982. The predicted molar refractivity (Wildman–Crippen MR) is 112 cm³/mol. The van der Waals surface area contributed by atoms with Crippen LogP contribution >= 0.6 is 0 Å². The van der Waals surface area contributed by atoms with E-state index in [0.29, 0.717) is 29.3 Å². The van der Waals surface area contributed by atoms with E-state index in [2.05, 4.69) is 5.32 Å². The Morgan fingerprint density at radius 1 is 1.07 bits per heavy atom. The lowest BCUT2D eigenvalue weighted by Gasteiger charge is -2.15. The molecule has 2 aromatic rings. The largest absolute Gasteiger partial charge is 0.494 e. The summed E-state index contributed by atoms with van der Waals surface area (Å²) in [7, 11) is 0. The maximum Gasteiger partial charge on any atom is 0.339 e. The second-order valence-corrected chi connectivity index (χ2v) is 6.67. The van der Waals surface area contributed by atoms with Gasteiger partial charge in [-0.05, 0) is 65.0 Å². The van der Waals surface area contributed by atoms with Crippen LogP contribution < -0.4 is 10.1 Å². The number of hydrogen-bond acceptors (Lipinski definition) is 6. The number of hydrogen-bond donors (Lipinski definition) is 1. The van der Waals surface area contributed by atoms with Gasteiger partial charge in [-0.25, -0.2) is 4.79 Å². The van der Waals surface area contributed by atoms with Crippen LogP contribution in [-0.2, 0) is 25.6 Å². The van der Waals surface area contributed by atoms with Crippen LogP contribution in [0.3, 0.4) is 0 Å². The van der Waals surface area contributed by atoms with Gasteiger partial charge < -0.3 is 24.1 Å². The quantitative estimate of drug-likeness (QED) is 0.631. The summed E-state index contributed by atoms with van der Waals surface area (Å²) < 4.78 is 17.3. The molecule has 0 aliphatic heterocycles. The Morgan fingerprint density at radius 2 is 1.73 bits per heavy atom. The molecule has 0 saturated carbocycles. The van der Waals surface area contributed by atoms with Gasteiger partial charge >= 0.3 is 11.9 Å². The third-order valence-electron chi connectivity index (χ3n) is 4.47. The first-order valence-electron chi connectivity index (χ1n) is 9.83. The van der Waals surface area contributed by atoms with Gasteiger partial charge in [0.25, 0.3) is 5.91 Å². The Kier molecular flexibility index (Phi) is 8.03. The molecule has 162 valence electrons. The number of nitrogens with zero attached hydrogens (tertiary/aromatic N) is 1. The third kappa shape index (κ3) is 5.85. The van der Waals surface area contributed by atoms with Crippen molar-refractivity contribution in [1.82, 2.24) is 4.57 Å². The highest BCUT2D eigenvalue weighted by atomic mass is 16.5. The van der Waals surface area contributed by atoms with Crippen molar-refractivity contribution in [2.45, 2.75) is 47.3 Å². The summed E-state index contributed by atoms with van der Waals surface area (Å²) in [5, 5.41) is 2.70. The molecule has 8 nitrogen and oxygen atoms in total. The van der Waals surface area contributed by atoms with Crippen molar-refractivity contribution < 1.29 is 28.6 Å². The van der Waals surface area contributed by atoms with Gasteiger partial charge in [0.15, 0.2) is 6.10 Å². The second kappa shape index (κ2) is 10.5. The molecule has 0 spiro atoms. The topological polar surface area (TPSA) is 95.9 Å². The minimum Gasteiger partial charge on any atom is -0.494 e. The maximum absolute atomic E-state index is 12.3. The monoisotopic (exact) mass is 416 g/mol. The van der Waals surface area contributed by atoms with Crippen molar-refractivity contribution in [2.24, 2.45) is 0 Å². The molecule has 1 heterocycles. The van der Waals surface area contributed by atoms with Crippen molar-refractivity contribution in [3.63, 3.8) is 0 Å². The van der Waals surface area contributed by atoms with Crippen molar-refractivity contribution in [3.8, 4) is 5.75 Å². The van der Waals surface area contributed by atoms with Crippen LogP contribution in [0.15, 0.2) is 30.3 Å². The molecule has 1 N–H and O–H groups in total. The number of aryl methyl sites for hydroxylation is 1. The van der Waals surface area contributed by atoms with Crippen LogP contribution in [0.5, 0.6) is 5.75 Å². The molecule has 8 heteroatoms. The van der Waals surface area contributed by atoms with E-state index in [4.69, 9.17) is 14.2 Å². The van der Waals surface area contributed by atoms with E-state index in [0.717, 1.165) is 5.69 Å². The molecule has 0 bridgehead atoms. The number of carbonyl (C=O) groups is 3. The molecular weight excluding hydrogens is 388 g/mol. The zero-order valence-corrected chi connectivity index (χ0v) is 18.0. The molecule has 1 amide bonds. The number of carbonyl (C=O) groups excluding carboxylic acids is 3.